The van der Waals surface area contributed by atoms with E-state index in [-0.39, 0.29) is 0 Å². The Balaban J connectivity index is 2.31. The fourth-order valence-corrected chi connectivity index (χ4v) is 2.35. The van der Waals surface area contributed by atoms with Gasteiger partial charge in [-0.1, -0.05) is 30.3 Å². The highest BCUT2D eigenvalue weighted by Gasteiger charge is 2.52. The van der Waals surface area contributed by atoms with Crippen molar-refractivity contribution in [3.8, 4) is 6.07 Å². The minimum atomic E-state index is -0.661. The predicted molar refractivity (Wildman–Crippen MR) is 53.6 cm³/mol. The Kier molecular flexibility index (Phi) is 1.87. The second-order valence-electron chi connectivity index (χ2n) is 4.41. The first kappa shape index (κ1) is 9.23. The molecule has 1 aliphatic rings. The summed E-state index contributed by atoms with van der Waals surface area (Å²) in [4.78, 5) is 0. The van der Waals surface area contributed by atoms with Crippen molar-refractivity contribution >= 4 is 0 Å². The van der Waals surface area contributed by atoms with Crippen molar-refractivity contribution in [1.82, 2.24) is 0 Å². The lowest BCUT2D eigenvalue weighted by Gasteiger charge is -2.47. The Bertz CT molecular complexity index is 367. The zero-order valence-corrected chi connectivity index (χ0v) is 8.20. The van der Waals surface area contributed by atoms with Crippen molar-refractivity contribution in [3.63, 3.8) is 0 Å². The number of hydrogen-bond acceptors (Lipinski definition) is 2. The number of nitriles is 1. The maximum absolute atomic E-state index is 9.69. The number of aliphatic hydroxyl groups is 1. The van der Waals surface area contributed by atoms with Gasteiger partial charge >= 0.3 is 0 Å². The van der Waals surface area contributed by atoms with E-state index in [0.717, 1.165) is 5.56 Å². The molecule has 0 heterocycles. The molecule has 2 rings (SSSR count). The van der Waals surface area contributed by atoms with E-state index in [1.165, 1.54) is 0 Å². The highest BCUT2D eigenvalue weighted by molar-refractivity contribution is 5.37. The molecule has 0 bridgehead atoms. The predicted octanol–water partition coefficient (Wildman–Crippen LogP) is 1.99. The van der Waals surface area contributed by atoms with Gasteiger partial charge in [0.2, 0.25) is 0 Å². The van der Waals surface area contributed by atoms with E-state index in [4.69, 9.17) is 5.26 Å². The fourth-order valence-electron chi connectivity index (χ4n) is 2.35. The molecule has 1 fully saturated rings. The molecule has 0 spiro atoms. The summed E-state index contributed by atoms with van der Waals surface area (Å²) in [5, 5.41) is 18.9. The minimum absolute atomic E-state index is 0.454. The second-order valence-corrected chi connectivity index (χ2v) is 4.41. The highest BCUT2D eigenvalue weighted by atomic mass is 16.3. The van der Waals surface area contributed by atoms with Crippen LogP contribution < -0.4 is 0 Å². The van der Waals surface area contributed by atoms with Gasteiger partial charge in [-0.2, -0.15) is 5.26 Å². The molecule has 2 nitrogen and oxygen atoms in total. The Hall–Kier alpha value is -1.33. The minimum Gasteiger partial charge on any atom is -0.390 e. The second kappa shape index (κ2) is 2.83. The standard InChI is InChI=1S/C12H13NO/c1-11(14)7-12(8-11,9-13)10-5-3-2-4-6-10/h2-6,14H,7-8H2,1H3. The van der Waals surface area contributed by atoms with E-state index in [1.807, 2.05) is 30.3 Å². The molecule has 0 aliphatic heterocycles. The van der Waals surface area contributed by atoms with E-state index < -0.39 is 11.0 Å². The van der Waals surface area contributed by atoms with Gasteiger partial charge < -0.3 is 5.11 Å². The van der Waals surface area contributed by atoms with Crippen LogP contribution in [-0.2, 0) is 5.41 Å². The number of rotatable bonds is 1. The molecule has 0 aromatic heterocycles. The van der Waals surface area contributed by atoms with E-state index in [0.29, 0.717) is 12.8 Å². The lowest BCUT2D eigenvalue weighted by molar-refractivity contribution is -0.0556. The molecule has 1 aromatic rings. The first-order valence-corrected chi connectivity index (χ1v) is 4.77. The van der Waals surface area contributed by atoms with Crippen molar-refractivity contribution < 1.29 is 5.11 Å². The van der Waals surface area contributed by atoms with Crippen LogP contribution in [0, 0.1) is 11.3 Å². The Labute approximate surface area is 83.8 Å². The maximum atomic E-state index is 9.69. The smallest absolute Gasteiger partial charge is 0.0876 e. The molecule has 0 saturated heterocycles. The van der Waals surface area contributed by atoms with Gasteiger partial charge in [0.05, 0.1) is 17.1 Å². The fraction of sp³-hybridized carbons (Fsp3) is 0.417. The van der Waals surface area contributed by atoms with Crippen LogP contribution in [0.5, 0.6) is 0 Å². The average Bonchev–Trinajstić information content (AvgIpc) is 2.15. The number of hydrogen-bond donors (Lipinski definition) is 1. The molecule has 1 aromatic carbocycles. The number of benzene rings is 1. The third-order valence-electron chi connectivity index (χ3n) is 2.91. The lowest BCUT2D eigenvalue weighted by atomic mass is 9.57. The van der Waals surface area contributed by atoms with Crippen molar-refractivity contribution in [2.75, 3.05) is 0 Å². The lowest BCUT2D eigenvalue weighted by Crippen LogP contribution is -2.51. The molecule has 1 N–H and O–H groups in total. The molecular weight excluding hydrogens is 174 g/mol. The molecule has 0 atom stereocenters. The zero-order valence-electron chi connectivity index (χ0n) is 8.20. The molecular formula is C12H13NO. The van der Waals surface area contributed by atoms with Crippen LogP contribution in [-0.4, -0.2) is 10.7 Å². The van der Waals surface area contributed by atoms with Crippen LogP contribution in [0.4, 0.5) is 0 Å². The average molecular weight is 187 g/mol. The first-order chi connectivity index (χ1) is 6.58. The van der Waals surface area contributed by atoms with Gasteiger partial charge in [0, 0.05) is 0 Å². The highest BCUT2D eigenvalue weighted by Crippen LogP contribution is 2.49. The summed E-state index contributed by atoms with van der Waals surface area (Å²) in [5.74, 6) is 0. The van der Waals surface area contributed by atoms with Gasteiger partial charge in [0.15, 0.2) is 0 Å². The SMILES string of the molecule is CC1(O)CC(C#N)(c2ccccc2)C1. The van der Waals surface area contributed by atoms with Crippen molar-refractivity contribution in [2.24, 2.45) is 0 Å². The quantitative estimate of drug-likeness (QED) is 0.730. The van der Waals surface area contributed by atoms with E-state index in [2.05, 4.69) is 6.07 Å². The molecule has 0 unspecified atom stereocenters. The summed E-state index contributed by atoms with van der Waals surface area (Å²) in [6, 6.07) is 12.0. The van der Waals surface area contributed by atoms with Crippen molar-refractivity contribution in [2.45, 2.75) is 30.8 Å². The summed E-state index contributed by atoms with van der Waals surface area (Å²) >= 11 is 0. The summed E-state index contributed by atoms with van der Waals surface area (Å²) in [6.45, 7) is 1.78. The van der Waals surface area contributed by atoms with Crippen LogP contribution in [0.3, 0.4) is 0 Å². The third kappa shape index (κ3) is 1.30. The van der Waals surface area contributed by atoms with E-state index in [1.54, 1.807) is 6.92 Å². The van der Waals surface area contributed by atoms with Crippen LogP contribution in [0.25, 0.3) is 0 Å². The maximum Gasteiger partial charge on any atom is 0.0876 e. The Morgan fingerprint density at radius 3 is 2.29 bits per heavy atom. The molecule has 1 aliphatic carbocycles. The number of nitrogens with zero attached hydrogens (tertiary/aromatic N) is 1. The van der Waals surface area contributed by atoms with Gasteiger partial charge in [-0.15, -0.1) is 0 Å². The third-order valence-corrected chi connectivity index (χ3v) is 2.91. The summed E-state index contributed by atoms with van der Waals surface area (Å²) in [6.07, 6.45) is 1.08. The molecule has 14 heavy (non-hydrogen) atoms. The molecule has 0 amide bonds. The van der Waals surface area contributed by atoms with Crippen molar-refractivity contribution in [1.29, 1.82) is 5.26 Å². The Morgan fingerprint density at radius 1 is 1.29 bits per heavy atom. The summed E-state index contributed by atoms with van der Waals surface area (Å²) in [7, 11) is 0. The van der Waals surface area contributed by atoms with Crippen LogP contribution >= 0.6 is 0 Å². The largest absolute Gasteiger partial charge is 0.390 e. The molecule has 2 heteroatoms. The first-order valence-electron chi connectivity index (χ1n) is 4.77. The zero-order chi connectivity index (χ0) is 10.2. The van der Waals surface area contributed by atoms with E-state index >= 15 is 0 Å². The van der Waals surface area contributed by atoms with Gasteiger partial charge in [-0.05, 0) is 25.3 Å². The normalized spacial score (nSPS) is 35.8. The Morgan fingerprint density at radius 2 is 1.86 bits per heavy atom. The monoisotopic (exact) mass is 187 g/mol. The van der Waals surface area contributed by atoms with E-state index in [9.17, 15) is 5.11 Å². The summed E-state index contributed by atoms with van der Waals surface area (Å²) < 4.78 is 0. The van der Waals surface area contributed by atoms with Gasteiger partial charge in [-0.3, -0.25) is 0 Å². The van der Waals surface area contributed by atoms with Crippen molar-refractivity contribution in [3.05, 3.63) is 35.9 Å². The van der Waals surface area contributed by atoms with Crippen LogP contribution in [0.1, 0.15) is 25.3 Å². The molecule has 0 radical (unpaired) electrons. The molecule has 1 saturated carbocycles. The molecule has 72 valence electrons. The van der Waals surface area contributed by atoms with Crippen LogP contribution in [0.15, 0.2) is 30.3 Å². The van der Waals surface area contributed by atoms with Gasteiger partial charge in [-0.25, -0.2) is 0 Å². The van der Waals surface area contributed by atoms with Crippen LogP contribution in [0.2, 0.25) is 0 Å². The summed E-state index contributed by atoms with van der Waals surface area (Å²) in [5.41, 5.74) is -0.0925. The topological polar surface area (TPSA) is 44.0 Å². The van der Waals surface area contributed by atoms with Gasteiger partial charge in [0.1, 0.15) is 0 Å². The van der Waals surface area contributed by atoms with Gasteiger partial charge in [0.25, 0.3) is 0 Å².